The van der Waals surface area contributed by atoms with Crippen molar-refractivity contribution in [3.8, 4) is 0 Å². The molecule has 1 amide bonds. The number of nitro groups is 1. The summed E-state index contributed by atoms with van der Waals surface area (Å²) in [6.45, 7) is 5.47. The Hall–Kier alpha value is -2.91. The molecule has 0 fully saturated rings. The topological polar surface area (TPSA) is 144 Å². The van der Waals surface area contributed by atoms with Gasteiger partial charge in [0.2, 0.25) is 5.82 Å². The van der Waals surface area contributed by atoms with Crippen LogP contribution in [0.3, 0.4) is 0 Å². The Balaban J connectivity index is 2.60. The van der Waals surface area contributed by atoms with Crippen molar-refractivity contribution in [2.45, 2.75) is 26.4 Å². The van der Waals surface area contributed by atoms with Gasteiger partial charge in [0, 0.05) is 25.4 Å². The number of carboxylic acid groups (broad SMARTS) is 1. The van der Waals surface area contributed by atoms with Crippen molar-refractivity contribution in [1.82, 2.24) is 10.3 Å². The second-order valence-corrected chi connectivity index (χ2v) is 5.51. The van der Waals surface area contributed by atoms with Crippen LogP contribution in [-0.2, 0) is 4.74 Å². The molecule has 1 rings (SSSR count). The van der Waals surface area contributed by atoms with E-state index in [-0.39, 0.29) is 24.5 Å². The molecule has 23 heavy (non-hydrogen) atoms. The van der Waals surface area contributed by atoms with Crippen LogP contribution in [-0.4, -0.2) is 45.8 Å². The van der Waals surface area contributed by atoms with Gasteiger partial charge in [0.05, 0.1) is 10.5 Å². The predicted octanol–water partition coefficient (Wildman–Crippen LogP) is 1.62. The third-order valence-electron chi connectivity index (χ3n) is 2.40. The molecule has 1 aromatic rings. The van der Waals surface area contributed by atoms with Crippen LogP contribution in [0.2, 0.25) is 0 Å². The van der Waals surface area contributed by atoms with Crippen molar-refractivity contribution in [2.24, 2.45) is 0 Å². The molecule has 1 heterocycles. The highest BCUT2D eigenvalue weighted by molar-refractivity contribution is 5.88. The number of amides is 1. The number of carbonyl (C=O) groups excluding carboxylic acids is 1. The molecule has 0 atom stereocenters. The second kappa shape index (κ2) is 7.38. The van der Waals surface area contributed by atoms with Gasteiger partial charge in [0.1, 0.15) is 5.60 Å². The maximum Gasteiger partial charge on any atom is 0.407 e. The lowest BCUT2D eigenvalue weighted by atomic mass is 10.2. The van der Waals surface area contributed by atoms with Crippen molar-refractivity contribution in [2.75, 3.05) is 18.4 Å². The van der Waals surface area contributed by atoms with Crippen molar-refractivity contribution >= 4 is 23.6 Å². The van der Waals surface area contributed by atoms with E-state index >= 15 is 0 Å². The molecule has 0 saturated carbocycles. The summed E-state index contributed by atoms with van der Waals surface area (Å²) < 4.78 is 5.03. The van der Waals surface area contributed by atoms with Gasteiger partial charge in [0.25, 0.3) is 0 Å². The molecule has 1 aromatic heterocycles. The van der Waals surface area contributed by atoms with E-state index in [1.807, 2.05) is 0 Å². The molecule has 0 spiro atoms. The fourth-order valence-electron chi connectivity index (χ4n) is 1.51. The van der Waals surface area contributed by atoms with Crippen LogP contribution in [0.25, 0.3) is 0 Å². The Morgan fingerprint density at radius 2 is 2.04 bits per heavy atom. The number of hydrogen-bond acceptors (Lipinski definition) is 7. The summed E-state index contributed by atoms with van der Waals surface area (Å²) in [7, 11) is 0. The van der Waals surface area contributed by atoms with Crippen LogP contribution >= 0.6 is 0 Å². The van der Waals surface area contributed by atoms with Crippen molar-refractivity contribution < 1.29 is 24.4 Å². The lowest BCUT2D eigenvalue weighted by Gasteiger charge is -2.19. The minimum absolute atomic E-state index is 0.0778. The van der Waals surface area contributed by atoms with Crippen LogP contribution in [0.1, 0.15) is 31.1 Å². The summed E-state index contributed by atoms with van der Waals surface area (Å²) in [4.78, 5) is 36.1. The van der Waals surface area contributed by atoms with Crippen LogP contribution in [0.5, 0.6) is 0 Å². The number of carbonyl (C=O) groups is 2. The molecule has 3 N–H and O–H groups in total. The molecule has 10 nitrogen and oxygen atoms in total. The van der Waals surface area contributed by atoms with Gasteiger partial charge in [-0.3, -0.25) is 10.1 Å². The van der Waals surface area contributed by atoms with Crippen molar-refractivity contribution in [3.05, 3.63) is 27.9 Å². The molecule has 126 valence electrons. The average Bonchev–Trinajstić information content (AvgIpc) is 2.41. The fourth-order valence-corrected chi connectivity index (χ4v) is 1.51. The normalized spacial score (nSPS) is 10.7. The Morgan fingerprint density at radius 1 is 1.39 bits per heavy atom. The second-order valence-electron chi connectivity index (χ2n) is 5.51. The minimum atomic E-state index is -1.31. The SMILES string of the molecule is CC(C)(C)OC(=O)NCCNc1ncc(C(=O)O)cc1[N+](=O)[O-]. The largest absolute Gasteiger partial charge is 0.478 e. The third kappa shape index (κ3) is 6.16. The van der Waals surface area contributed by atoms with Gasteiger partial charge in [0.15, 0.2) is 0 Å². The Bertz CT molecular complexity index is 611. The number of nitrogens with one attached hydrogen (secondary N) is 2. The number of ether oxygens (including phenoxy) is 1. The van der Waals surface area contributed by atoms with E-state index in [0.29, 0.717) is 0 Å². The third-order valence-corrected chi connectivity index (χ3v) is 2.40. The maximum absolute atomic E-state index is 11.4. The average molecular weight is 326 g/mol. The van der Waals surface area contributed by atoms with Crippen molar-refractivity contribution in [3.63, 3.8) is 0 Å². The Morgan fingerprint density at radius 3 is 2.57 bits per heavy atom. The van der Waals surface area contributed by atoms with Gasteiger partial charge in [-0.15, -0.1) is 0 Å². The number of alkyl carbamates (subject to hydrolysis) is 1. The minimum Gasteiger partial charge on any atom is -0.478 e. The monoisotopic (exact) mass is 326 g/mol. The van der Waals surface area contributed by atoms with Crippen LogP contribution < -0.4 is 10.6 Å². The van der Waals surface area contributed by atoms with E-state index in [2.05, 4.69) is 15.6 Å². The molecule has 0 bridgehead atoms. The number of nitrogens with zero attached hydrogens (tertiary/aromatic N) is 2. The quantitative estimate of drug-likeness (QED) is 0.406. The highest BCUT2D eigenvalue weighted by atomic mass is 16.6. The maximum atomic E-state index is 11.4. The van der Waals surface area contributed by atoms with Gasteiger partial charge in [-0.05, 0) is 20.8 Å². The first-order chi connectivity index (χ1) is 10.6. The van der Waals surface area contributed by atoms with Crippen molar-refractivity contribution in [1.29, 1.82) is 0 Å². The number of anilines is 1. The highest BCUT2D eigenvalue weighted by Crippen LogP contribution is 2.22. The lowest BCUT2D eigenvalue weighted by molar-refractivity contribution is -0.384. The molecule has 10 heteroatoms. The van der Waals surface area contributed by atoms with Gasteiger partial charge < -0.3 is 20.5 Å². The van der Waals surface area contributed by atoms with Crippen LogP contribution in [0, 0.1) is 10.1 Å². The van der Waals surface area contributed by atoms with E-state index < -0.39 is 28.3 Å². The zero-order chi connectivity index (χ0) is 17.6. The van der Waals surface area contributed by atoms with E-state index in [0.717, 1.165) is 12.3 Å². The summed E-state index contributed by atoms with van der Waals surface area (Å²) in [5.41, 5.74) is -1.36. The predicted molar refractivity (Wildman–Crippen MR) is 80.6 cm³/mol. The fraction of sp³-hybridized carbons (Fsp3) is 0.462. The number of rotatable bonds is 6. The zero-order valence-corrected chi connectivity index (χ0v) is 13.0. The smallest absolute Gasteiger partial charge is 0.407 e. The molecule has 0 aromatic carbocycles. The number of pyridine rings is 1. The first-order valence-corrected chi connectivity index (χ1v) is 6.68. The van der Waals surface area contributed by atoms with Crippen LogP contribution in [0.15, 0.2) is 12.3 Å². The summed E-state index contributed by atoms with van der Waals surface area (Å²) in [5.74, 6) is -1.38. The molecule has 0 unspecified atom stereocenters. The van der Waals surface area contributed by atoms with Gasteiger partial charge in [-0.1, -0.05) is 0 Å². The zero-order valence-electron chi connectivity index (χ0n) is 13.0. The Kier molecular flexibility index (Phi) is 5.82. The Labute approximate surface area is 132 Å². The van der Waals surface area contributed by atoms with E-state index in [1.165, 1.54) is 0 Å². The summed E-state index contributed by atoms with van der Waals surface area (Å²) >= 11 is 0. The van der Waals surface area contributed by atoms with E-state index in [9.17, 15) is 19.7 Å². The molecule has 0 aliphatic carbocycles. The number of carboxylic acids is 1. The molecule has 0 radical (unpaired) electrons. The van der Waals surface area contributed by atoms with Gasteiger partial charge in [-0.2, -0.15) is 0 Å². The molecule has 0 saturated heterocycles. The number of hydrogen-bond donors (Lipinski definition) is 3. The molecule has 0 aliphatic rings. The summed E-state index contributed by atoms with van der Waals surface area (Å²) in [6, 6.07) is 0.916. The standard InChI is InChI=1S/C13H18N4O6/c1-13(2,3)23-12(20)15-5-4-14-10-9(17(21)22)6-8(7-16-10)11(18)19/h6-7H,4-5H2,1-3H3,(H,14,16)(H,15,20)(H,18,19). The lowest BCUT2D eigenvalue weighted by Crippen LogP contribution is -2.35. The molecule has 0 aliphatic heterocycles. The van der Waals surface area contributed by atoms with E-state index in [4.69, 9.17) is 9.84 Å². The molecular weight excluding hydrogens is 308 g/mol. The highest BCUT2D eigenvalue weighted by Gasteiger charge is 2.19. The van der Waals surface area contributed by atoms with Gasteiger partial charge in [-0.25, -0.2) is 14.6 Å². The molecular formula is C13H18N4O6. The number of aromatic carboxylic acids is 1. The van der Waals surface area contributed by atoms with Crippen LogP contribution in [0.4, 0.5) is 16.3 Å². The summed E-state index contributed by atoms with van der Waals surface area (Å²) in [6.07, 6.45) is 0.405. The first kappa shape index (κ1) is 18.1. The van der Waals surface area contributed by atoms with E-state index in [1.54, 1.807) is 20.8 Å². The summed E-state index contributed by atoms with van der Waals surface area (Å²) in [5, 5.41) is 24.9. The van der Waals surface area contributed by atoms with Gasteiger partial charge >= 0.3 is 17.7 Å². The first-order valence-electron chi connectivity index (χ1n) is 6.68. The number of aromatic nitrogens is 1.